The number of hydrogen-bond donors (Lipinski definition) is 0. The van der Waals surface area contributed by atoms with E-state index >= 15 is 0 Å². The van der Waals surface area contributed by atoms with Gasteiger partial charge in [0.15, 0.2) is 0 Å². The van der Waals surface area contributed by atoms with Gasteiger partial charge in [-0.2, -0.15) is 0 Å². The number of nitrogens with zero attached hydrogens (tertiary/aromatic N) is 4. The molecule has 0 bridgehead atoms. The van der Waals surface area contributed by atoms with Gasteiger partial charge in [-0.3, -0.25) is 0 Å². The van der Waals surface area contributed by atoms with Gasteiger partial charge in [-0.15, -0.1) is 0 Å². The average molecular weight is 368 g/mol. The molecule has 2 aromatic heterocycles. The Morgan fingerprint density at radius 2 is 1.46 bits per heavy atom. The molecule has 0 aliphatic carbocycles. The van der Waals surface area contributed by atoms with Crippen molar-refractivity contribution in [3.05, 3.63) is 0 Å². The maximum absolute atomic E-state index is 6.35. The van der Waals surface area contributed by atoms with Crippen LogP contribution in [-0.4, -0.2) is 19.9 Å². The fraction of sp³-hybridized carbons (Fsp3) is 0. The number of halogens is 2. The fourth-order valence-corrected chi connectivity index (χ4v) is 26.4. The van der Waals surface area contributed by atoms with Crippen molar-refractivity contribution in [2.24, 2.45) is 0 Å². The fourth-order valence-electron chi connectivity index (χ4n) is 0.696. The van der Waals surface area contributed by atoms with Crippen molar-refractivity contribution in [1.82, 2.24) is 19.9 Å². The summed E-state index contributed by atoms with van der Waals surface area (Å²) >= 11 is -3.34. The molecule has 0 N–H and O–H groups in total. The molecule has 0 fully saturated rings. The van der Waals surface area contributed by atoms with Crippen LogP contribution in [-0.2, 0) is 17.9 Å². The Morgan fingerprint density at radius 1 is 1.00 bits per heavy atom. The monoisotopic (exact) mass is 366 g/mol. The second-order valence-corrected chi connectivity index (χ2v) is 22.2. The topological polar surface area (TPSA) is 51.6 Å². The summed E-state index contributed by atoms with van der Waals surface area (Å²) in [5.74, 6) is 0. The van der Waals surface area contributed by atoms with Crippen LogP contribution in [0.5, 0.6) is 0 Å². The van der Waals surface area contributed by atoms with Crippen LogP contribution in [0.25, 0.3) is 0 Å². The SMILES string of the molecule is [Cl][Zr]([Cl])([c]1nnp[pH]1)[c]1nnp[pH]1. The van der Waals surface area contributed by atoms with Crippen molar-refractivity contribution in [2.45, 2.75) is 0 Å². The molecule has 0 radical (unpaired) electrons. The molecule has 4 nitrogen and oxygen atoms in total. The van der Waals surface area contributed by atoms with Crippen molar-refractivity contribution in [2.75, 3.05) is 0 Å². The summed E-state index contributed by atoms with van der Waals surface area (Å²) in [7, 11) is 15.7. The molecule has 11 heteroatoms. The zero-order valence-corrected chi connectivity index (χ0v) is 13.7. The van der Waals surface area contributed by atoms with Crippen molar-refractivity contribution in [3.8, 4) is 0 Å². The molecule has 68 valence electrons. The minimum atomic E-state index is -3.34. The van der Waals surface area contributed by atoms with Gasteiger partial charge in [-0.1, -0.05) is 0 Å². The van der Waals surface area contributed by atoms with Crippen molar-refractivity contribution < 1.29 is 17.9 Å². The Kier molecular flexibility index (Phi) is 3.95. The van der Waals surface area contributed by atoms with Crippen LogP contribution in [0.1, 0.15) is 0 Å². The van der Waals surface area contributed by atoms with E-state index in [1.165, 1.54) is 0 Å². The third kappa shape index (κ3) is 2.40. The van der Waals surface area contributed by atoms with Gasteiger partial charge in [-0.05, 0) is 0 Å². The molecule has 0 aromatic carbocycles. The predicted molar refractivity (Wildman–Crippen MR) is 59.1 cm³/mol. The normalized spacial score (nSPS) is 14.3. The maximum atomic E-state index is 6.35. The Morgan fingerprint density at radius 3 is 1.77 bits per heavy atom. The van der Waals surface area contributed by atoms with Crippen LogP contribution in [0.2, 0.25) is 0 Å². The molecule has 0 saturated heterocycles. The zero-order valence-electron chi connectivity index (χ0n) is 5.94. The summed E-state index contributed by atoms with van der Waals surface area (Å²) in [6, 6.07) is 0. The second kappa shape index (κ2) is 4.63. The summed E-state index contributed by atoms with van der Waals surface area (Å²) in [6.07, 6.45) is 0. The molecule has 2 unspecified atom stereocenters. The molecule has 13 heavy (non-hydrogen) atoms. The second-order valence-electron chi connectivity index (χ2n) is 2.07. The Bertz CT molecular complexity index is 339. The summed E-state index contributed by atoms with van der Waals surface area (Å²) < 4.78 is 1.83. The van der Waals surface area contributed by atoms with Gasteiger partial charge >= 0.3 is 92.9 Å². The molecular formula is C2H2Cl2N4P4Zr. The quantitative estimate of drug-likeness (QED) is 0.813. The number of hydrogen-bond acceptors (Lipinski definition) is 4. The first-order chi connectivity index (χ1) is 6.21. The Labute approximate surface area is 92.0 Å². The molecule has 2 atom stereocenters. The molecule has 2 aromatic rings. The third-order valence-electron chi connectivity index (χ3n) is 1.29. The number of rotatable bonds is 2. The van der Waals surface area contributed by atoms with Gasteiger partial charge in [0.05, 0.1) is 0 Å². The van der Waals surface area contributed by atoms with Gasteiger partial charge in [0.1, 0.15) is 0 Å². The van der Waals surface area contributed by atoms with Crippen LogP contribution in [0.4, 0.5) is 0 Å². The van der Waals surface area contributed by atoms with Gasteiger partial charge in [0.25, 0.3) is 0 Å². The molecule has 2 heterocycles. The van der Waals surface area contributed by atoms with E-state index in [0.717, 1.165) is 22.3 Å². The molecule has 0 spiro atoms. The van der Waals surface area contributed by atoms with E-state index < -0.39 is 17.9 Å². The standard InChI is InChI=1S/2CHN2P2.2ClH.Zr/c2*1-2-3-5-4-1;;;/h2*4H;2*1H;/q;;;;+2/p-2. The van der Waals surface area contributed by atoms with Crippen LogP contribution < -0.4 is 6.27 Å². The van der Waals surface area contributed by atoms with Crippen LogP contribution in [0, 0.1) is 0 Å². The van der Waals surface area contributed by atoms with Crippen LogP contribution in [0.15, 0.2) is 0 Å². The van der Waals surface area contributed by atoms with E-state index in [2.05, 4.69) is 19.9 Å². The first-order valence-corrected chi connectivity index (χ1v) is 17.2. The van der Waals surface area contributed by atoms with E-state index in [1.807, 2.05) is 0 Å². The Hall–Kier alpha value is 1.60. The molecule has 0 saturated carbocycles. The Balaban J connectivity index is 2.42. The average Bonchev–Trinajstić information content (AvgIpc) is 2.78. The zero-order chi connectivity index (χ0) is 9.31. The first-order valence-electron chi connectivity index (χ1n) is 3.07. The number of aromatic nitrogens is 4. The van der Waals surface area contributed by atoms with E-state index in [1.54, 1.807) is 0 Å². The molecule has 0 amide bonds. The van der Waals surface area contributed by atoms with Gasteiger partial charge < -0.3 is 0 Å². The van der Waals surface area contributed by atoms with Gasteiger partial charge in [-0.25, -0.2) is 0 Å². The summed E-state index contributed by atoms with van der Waals surface area (Å²) in [5, 5.41) is 8.00. The van der Waals surface area contributed by atoms with Gasteiger partial charge in [0.2, 0.25) is 0 Å². The van der Waals surface area contributed by atoms with Crippen LogP contribution >= 0.6 is 48.8 Å². The third-order valence-corrected chi connectivity index (χ3v) is 25.7. The van der Waals surface area contributed by atoms with E-state index in [4.69, 9.17) is 17.0 Å². The molecule has 0 aliphatic heterocycles. The van der Waals surface area contributed by atoms with Crippen molar-refractivity contribution >= 4 is 55.1 Å². The van der Waals surface area contributed by atoms with Crippen molar-refractivity contribution in [1.29, 1.82) is 0 Å². The minimum absolute atomic E-state index is 0.542. The van der Waals surface area contributed by atoms with Crippen molar-refractivity contribution in [3.63, 3.8) is 0 Å². The molecular weight excluding hydrogens is 366 g/mol. The summed E-state index contributed by atoms with van der Waals surface area (Å²) in [6.45, 7) is 0. The first kappa shape index (κ1) is 11.1. The van der Waals surface area contributed by atoms with Crippen LogP contribution in [0.3, 0.4) is 0 Å². The van der Waals surface area contributed by atoms with Gasteiger partial charge in [0, 0.05) is 0 Å². The molecule has 0 aliphatic rings. The predicted octanol–water partition coefficient (Wildman–Crippen LogP) is 1.90. The summed E-state index contributed by atoms with van der Waals surface area (Å²) in [5.41, 5.74) is 0. The van der Waals surface area contributed by atoms with E-state index in [0.29, 0.717) is 15.7 Å². The summed E-state index contributed by atoms with van der Waals surface area (Å²) in [4.78, 5) is 7.75. The van der Waals surface area contributed by atoms with E-state index in [-0.39, 0.29) is 0 Å². The van der Waals surface area contributed by atoms with E-state index in [9.17, 15) is 0 Å². The molecule has 2 rings (SSSR count).